The highest BCUT2D eigenvalue weighted by atomic mass is 79.9. The Hall–Kier alpha value is -0.210. The van der Waals surface area contributed by atoms with Crippen LogP contribution in [0.4, 0.5) is 0 Å². The van der Waals surface area contributed by atoms with Gasteiger partial charge in [-0.15, -0.1) is 0 Å². The van der Waals surface area contributed by atoms with Crippen LogP contribution in [-0.2, 0) is 12.8 Å². The molecule has 0 saturated carbocycles. The van der Waals surface area contributed by atoms with Gasteiger partial charge in [-0.2, -0.15) is 0 Å². The Labute approximate surface area is 123 Å². The number of halogens is 2. The molecule has 100 valence electrons. The molecule has 1 atom stereocenters. The molecule has 0 aromatic heterocycles. The smallest absolute Gasteiger partial charge is 0.125 e. The molecule has 0 fully saturated rings. The molecule has 3 heteroatoms. The van der Waals surface area contributed by atoms with Gasteiger partial charge >= 0.3 is 0 Å². The molecule has 0 aliphatic carbocycles. The second-order valence-corrected chi connectivity index (χ2v) is 6.52. The maximum Gasteiger partial charge on any atom is 0.125 e. The number of hydrogen-bond donors (Lipinski definition) is 0. The van der Waals surface area contributed by atoms with Gasteiger partial charge in [0.25, 0.3) is 0 Å². The van der Waals surface area contributed by atoms with E-state index in [1.165, 1.54) is 24.0 Å². The number of fused-ring (bicyclic) bond motifs is 1. The summed E-state index contributed by atoms with van der Waals surface area (Å²) in [5.74, 6) is 1.09. The highest BCUT2D eigenvalue weighted by Crippen LogP contribution is 2.38. The van der Waals surface area contributed by atoms with Crippen LogP contribution in [0.1, 0.15) is 37.8 Å². The van der Waals surface area contributed by atoms with E-state index in [0.717, 1.165) is 35.6 Å². The lowest BCUT2D eigenvalue weighted by atomic mass is 9.81. The van der Waals surface area contributed by atoms with Gasteiger partial charge in [0.15, 0.2) is 0 Å². The Balaban J connectivity index is 2.28. The molecule has 18 heavy (non-hydrogen) atoms. The van der Waals surface area contributed by atoms with Crippen molar-refractivity contribution < 1.29 is 4.74 Å². The Kier molecular flexibility index (Phi) is 4.60. The summed E-state index contributed by atoms with van der Waals surface area (Å²) >= 11 is 9.87. The summed E-state index contributed by atoms with van der Waals surface area (Å²) in [4.78, 5) is 0. The van der Waals surface area contributed by atoms with Gasteiger partial charge in [-0.3, -0.25) is 0 Å². The van der Waals surface area contributed by atoms with Crippen molar-refractivity contribution in [1.82, 2.24) is 0 Å². The molecule has 0 N–H and O–H groups in total. The molecule has 1 aliphatic heterocycles. The predicted octanol–water partition coefficient (Wildman–Crippen LogP) is 5.02. The van der Waals surface area contributed by atoms with E-state index in [1.54, 1.807) is 0 Å². The van der Waals surface area contributed by atoms with Gasteiger partial charge in [0, 0.05) is 16.8 Å². The van der Waals surface area contributed by atoms with E-state index < -0.39 is 0 Å². The first-order valence-corrected chi connectivity index (χ1v) is 8.08. The van der Waals surface area contributed by atoms with Crippen LogP contribution in [0.3, 0.4) is 0 Å². The molecule has 1 aromatic carbocycles. The molecule has 0 radical (unpaired) electrons. The van der Waals surface area contributed by atoms with E-state index in [2.05, 4.69) is 35.8 Å². The zero-order chi connectivity index (χ0) is 13.2. The van der Waals surface area contributed by atoms with Crippen LogP contribution >= 0.6 is 27.5 Å². The third-order valence-electron chi connectivity index (χ3n) is 3.62. The van der Waals surface area contributed by atoms with E-state index in [-0.39, 0.29) is 5.41 Å². The lowest BCUT2D eigenvalue weighted by molar-refractivity contribution is 0.321. The first-order chi connectivity index (χ1) is 8.58. The molecular formula is C15H20BrClO. The van der Waals surface area contributed by atoms with Crippen LogP contribution in [-0.4, -0.2) is 11.9 Å². The monoisotopic (exact) mass is 330 g/mol. The third kappa shape index (κ3) is 3.03. The fraction of sp³-hybridized carbons (Fsp3) is 0.600. The van der Waals surface area contributed by atoms with Crippen LogP contribution < -0.4 is 4.74 Å². The molecule has 1 aliphatic rings. The van der Waals surface area contributed by atoms with Gasteiger partial charge in [0.2, 0.25) is 0 Å². The number of benzene rings is 1. The maximum atomic E-state index is 6.21. The van der Waals surface area contributed by atoms with Crippen LogP contribution in [0.25, 0.3) is 0 Å². The van der Waals surface area contributed by atoms with Crippen molar-refractivity contribution in [1.29, 1.82) is 0 Å². The predicted molar refractivity (Wildman–Crippen MR) is 81.2 cm³/mol. The second-order valence-electron chi connectivity index (χ2n) is 5.52. The normalized spacial score (nSPS) is 17.1. The fourth-order valence-corrected chi connectivity index (χ4v) is 3.49. The van der Waals surface area contributed by atoms with Crippen LogP contribution in [0.15, 0.2) is 12.1 Å². The summed E-state index contributed by atoms with van der Waals surface area (Å²) in [6, 6.07) is 4.11. The second kappa shape index (κ2) is 5.83. The van der Waals surface area contributed by atoms with Gasteiger partial charge in [-0.05, 0) is 41.5 Å². The number of rotatable bonds is 5. The number of hydrogen-bond acceptors (Lipinski definition) is 1. The minimum Gasteiger partial charge on any atom is -0.493 e. The first-order valence-electron chi connectivity index (χ1n) is 6.58. The molecular weight excluding hydrogens is 312 g/mol. The van der Waals surface area contributed by atoms with Crippen molar-refractivity contribution in [2.75, 3.05) is 11.9 Å². The van der Waals surface area contributed by atoms with Crippen molar-refractivity contribution in [3.63, 3.8) is 0 Å². The third-order valence-corrected chi connectivity index (χ3v) is 5.19. The summed E-state index contributed by atoms with van der Waals surface area (Å²) in [7, 11) is 0. The Bertz CT molecular complexity index is 433. The standard InChI is InChI=1S/C15H20BrClO/c1-3-5-15(2,10-16)9-12-8-13(17)7-11-4-6-18-14(11)12/h7-8H,3-6,9-10H2,1-2H3. The number of ether oxygens (including phenoxy) is 1. The van der Waals surface area contributed by atoms with E-state index >= 15 is 0 Å². The summed E-state index contributed by atoms with van der Waals surface area (Å²) in [6.45, 7) is 5.36. The highest BCUT2D eigenvalue weighted by molar-refractivity contribution is 9.09. The van der Waals surface area contributed by atoms with Crippen molar-refractivity contribution in [2.24, 2.45) is 5.41 Å². The lowest BCUT2D eigenvalue weighted by Crippen LogP contribution is -2.21. The van der Waals surface area contributed by atoms with Crippen molar-refractivity contribution in [3.8, 4) is 5.75 Å². The minimum atomic E-state index is 0.277. The molecule has 1 unspecified atom stereocenters. The Morgan fingerprint density at radius 2 is 2.22 bits per heavy atom. The minimum absolute atomic E-state index is 0.277. The van der Waals surface area contributed by atoms with Gasteiger partial charge in [0.1, 0.15) is 5.75 Å². The van der Waals surface area contributed by atoms with Crippen LogP contribution in [0.5, 0.6) is 5.75 Å². The summed E-state index contributed by atoms with van der Waals surface area (Å²) in [5, 5.41) is 1.84. The quantitative estimate of drug-likeness (QED) is 0.688. The molecule has 1 nitrogen and oxygen atoms in total. The number of alkyl halides is 1. The van der Waals surface area contributed by atoms with E-state index in [1.807, 2.05) is 6.07 Å². The van der Waals surface area contributed by atoms with E-state index in [4.69, 9.17) is 16.3 Å². The van der Waals surface area contributed by atoms with Crippen LogP contribution in [0, 0.1) is 5.41 Å². The average Bonchev–Trinajstić information content (AvgIpc) is 2.77. The molecule has 0 amide bonds. The molecule has 0 spiro atoms. The van der Waals surface area contributed by atoms with Gasteiger partial charge in [0.05, 0.1) is 6.61 Å². The van der Waals surface area contributed by atoms with E-state index in [9.17, 15) is 0 Å². The summed E-state index contributed by atoms with van der Waals surface area (Å²) < 4.78 is 5.78. The largest absolute Gasteiger partial charge is 0.493 e. The van der Waals surface area contributed by atoms with Gasteiger partial charge in [-0.25, -0.2) is 0 Å². The SMILES string of the molecule is CCCC(C)(CBr)Cc1cc(Cl)cc2c1OCC2. The molecule has 2 rings (SSSR count). The molecule has 0 bridgehead atoms. The lowest BCUT2D eigenvalue weighted by Gasteiger charge is -2.28. The highest BCUT2D eigenvalue weighted by Gasteiger charge is 2.26. The Morgan fingerprint density at radius 1 is 1.44 bits per heavy atom. The zero-order valence-corrected chi connectivity index (χ0v) is 13.4. The summed E-state index contributed by atoms with van der Waals surface area (Å²) in [6.07, 6.45) is 4.42. The van der Waals surface area contributed by atoms with Gasteiger partial charge < -0.3 is 4.74 Å². The van der Waals surface area contributed by atoms with E-state index in [0.29, 0.717) is 0 Å². The van der Waals surface area contributed by atoms with Crippen molar-refractivity contribution in [2.45, 2.75) is 39.5 Å². The van der Waals surface area contributed by atoms with Crippen molar-refractivity contribution in [3.05, 3.63) is 28.3 Å². The van der Waals surface area contributed by atoms with Crippen LogP contribution in [0.2, 0.25) is 5.02 Å². The first kappa shape index (κ1) is 14.2. The molecule has 0 saturated heterocycles. The molecule has 1 aromatic rings. The fourth-order valence-electron chi connectivity index (χ4n) is 2.74. The average molecular weight is 332 g/mol. The maximum absolute atomic E-state index is 6.21. The zero-order valence-electron chi connectivity index (χ0n) is 11.1. The summed E-state index contributed by atoms with van der Waals surface area (Å²) in [5.41, 5.74) is 2.82. The Morgan fingerprint density at radius 3 is 2.89 bits per heavy atom. The van der Waals surface area contributed by atoms with Crippen molar-refractivity contribution >= 4 is 27.5 Å². The van der Waals surface area contributed by atoms with Gasteiger partial charge in [-0.1, -0.05) is 47.8 Å². The topological polar surface area (TPSA) is 9.23 Å². The molecule has 1 heterocycles.